The fourth-order valence-electron chi connectivity index (χ4n) is 7.74. The Balaban J connectivity index is 1.14. The molecule has 3 saturated heterocycles. The van der Waals surface area contributed by atoms with Crippen LogP contribution in [-0.2, 0) is 23.9 Å². The van der Waals surface area contributed by atoms with Gasteiger partial charge in [-0.15, -0.1) is 11.3 Å². The number of amides is 5. The van der Waals surface area contributed by atoms with Crippen LogP contribution in [0.25, 0.3) is 0 Å². The highest BCUT2D eigenvalue weighted by molar-refractivity contribution is 7.08. The van der Waals surface area contributed by atoms with Crippen LogP contribution >= 0.6 is 22.9 Å². The van der Waals surface area contributed by atoms with E-state index in [9.17, 15) is 27.6 Å². The standard InChI is InChI=1S/C33H43ClF3N7O3S/c1-38-29-25(33(35,36)37)14-20(15-26(29)34)16-27(30(45)42-10-4-22(5-11-42)21-2-8-39-9-3-21)40-31(46)43-12-6-24(7-13-43)44-17-23-18-48-19-28(23)41-32(44)47/h14-15,18-19,21-22,24,27,38-39H,2-13,16-17H2,1H3,(H,40,46)(H,41,47)/t27-/m1/s1. The summed E-state index contributed by atoms with van der Waals surface area (Å²) >= 11 is 7.83. The van der Waals surface area contributed by atoms with E-state index in [-0.39, 0.29) is 40.7 Å². The predicted molar refractivity (Wildman–Crippen MR) is 180 cm³/mol. The van der Waals surface area contributed by atoms with Crippen molar-refractivity contribution >= 4 is 52.3 Å². The molecule has 4 N–H and O–H groups in total. The quantitative estimate of drug-likeness (QED) is 0.289. The molecule has 10 nitrogen and oxygen atoms in total. The number of hydrogen-bond acceptors (Lipinski definition) is 6. The Hall–Kier alpha value is -3.23. The summed E-state index contributed by atoms with van der Waals surface area (Å²) in [6, 6.07) is 0.698. The van der Waals surface area contributed by atoms with Gasteiger partial charge in [0.2, 0.25) is 5.91 Å². The number of halogens is 4. The molecule has 0 radical (unpaired) electrons. The molecule has 48 heavy (non-hydrogen) atoms. The zero-order chi connectivity index (χ0) is 34.0. The van der Waals surface area contributed by atoms with Crippen molar-refractivity contribution in [2.45, 2.75) is 69.8 Å². The van der Waals surface area contributed by atoms with E-state index >= 15 is 0 Å². The lowest BCUT2D eigenvalue weighted by atomic mass is 9.79. The van der Waals surface area contributed by atoms with E-state index in [1.807, 2.05) is 10.8 Å². The van der Waals surface area contributed by atoms with Crippen LogP contribution in [0.15, 0.2) is 22.9 Å². The predicted octanol–water partition coefficient (Wildman–Crippen LogP) is 5.83. The number of nitrogens with zero attached hydrogens (tertiary/aromatic N) is 3. The summed E-state index contributed by atoms with van der Waals surface area (Å²) in [7, 11) is 1.37. The first-order valence-electron chi connectivity index (χ1n) is 16.8. The number of benzene rings is 1. The number of hydrogen-bond donors (Lipinski definition) is 4. The van der Waals surface area contributed by atoms with E-state index in [0.29, 0.717) is 57.4 Å². The summed E-state index contributed by atoms with van der Waals surface area (Å²) in [5, 5.41) is 15.6. The number of alkyl halides is 3. The summed E-state index contributed by atoms with van der Waals surface area (Å²) in [5.41, 5.74) is 0.953. The van der Waals surface area contributed by atoms with Gasteiger partial charge in [-0.3, -0.25) is 4.79 Å². The molecule has 5 amide bonds. The molecule has 0 spiro atoms. The van der Waals surface area contributed by atoms with Crippen LogP contribution < -0.4 is 21.3 Å². The average molecular weight is 710 g/mol. The molecule has 262 valence electrons. The lowest BCUT2D eigenvalue weighted by molar-refractivity contribution is -0.137. The minimum atomic E-state index is -4.67. The molecule has 0 bridgehead atoms. The Kier molecular flexibility index (Phi) is 10.6. The highest BCUT2D eigenvalue weighted by atomic mass is 35.5. The molecule has 4 aliphatic rings. The first-order valence-corrected chi connectivity index (χ1v) is 18.1. The Labute approximate surface area is 287 Å². The molecule has 1 aromatic heterocycles. The average Bonchev–Trinajstić information content (AvgIpc) is 3.54. The number of anilines is 2. The zero-order valence-corrected chi connectivity index (χ0v) is 28.6. The number of rotatable bonds is 7. The van der Waals surface area contributed by atoms with Gasteiger partial charge in [-0.05, 0) is 86.5 Å². The van der Waals surface area contributed by atoms with Gasteiger partial charge in [0.1, 0.15) is 6.04 Å². The molecule has 3 fully saturated rings. The molecule has 4 aliphatic heterocycles. The van der Waals surface area contributed by atoms with Gasteiger partial charge < -0.3 is 36.0 Å². The normalized spacial score (nSPS) is 20.7. The Morgan fingerprint density at radius 1 is 1.00 bits per heavy atom. The highest BCUT2D eigenvalue weighted by Gasteiger charge is 2.38. The number of nitrogens with one attached hydrogen (secondary N) is 4. The number of fused-ring (bicyclic) bond motifs is 1. The van der Waals surface area contributed by atoms with Crippen molar-refractivity contribution in [1.82, 2.24) is 25.3 Å². The molecule has 1 aromatic carbocycles. The van der Waals surface area contributed by atoms with E-state index in [1.165, 1.54) is 24.5 Å². The monoisotopic (exact) mass is 709 g/mol. The van der Waals surface area contributed by atoms with Crippen LogP contribution in [0.4, 0.5) is 34.1 Å². The summed E-state index contributed by atoms with van der Waals surface area (Å²) in [6.07, 6.45) is 0.298. The molecular weight excluding hydrogens is 667 g/mol. The number of piperidine rings is 3. The van der Waals surface area contributed by atoms with E-state index in [0.717, 1.165) is 56.1 Å². The summed E-state index contributed by atoms with van der Waals surface area (Å²) in [6.45, 7) is 4.36. The first-order chi connectivity index (χ1) is 23.0. The minimum absolute atomic E-state index is 0.0469. The third-order valence-electron chi connectivity index (χ3n) is 10.4. The number of likely N-dealkylation sites (tertiary alicyclic amines) is 2. The van der Waals surface area contributed by atoms with Crippen LogP contribution in [0, 0.1) is 11.8 Å². The van der Waals surface area contributed by atoms with E-state index in [2.05, 4.69) is 21.3 Å². The van der Waals surface area contributed by atoms with Crippen molar-refractivity contribution < 1.29 is 27.6 Å². The molecule has 6 rings (SSSR count). The molecule has 0 unspecified atom stereocenters. The van der Waals surface area contributed by atoms with Crippen LogP contribution in [0.1, 0.15) is 55.2 Å². The Bertz CT molecular complexity index is 1490. The maximum Gasteiger partial charge on any atom is 0.418 e. The maximum atomic E-state index is 14.0. The largest absolute Gasteiger partial charge is 0.418 e. The zero-order valence-electron chi connectivity index (χ0n) is 27.0. The second-order valence-corrected chi connectivity index (χ2v) is 14.4. The molecule has 15 heteroatoms. The lowest BCUT2D eigenvalue weighted by Crippen LogP contribution is -2.57. The van der Waals surface area contributed by atoms with E-state index in [4.69, 9.17) is 11.6 Å². The summed E-state index contributed by atoms with van der Waals surface area (Å²) in [4.78, 5) is 45.6. The van der Waals surface area contributed by atoms with Crippen LogP contribution in [0.2, 0.25) is 5.02 Å². The van der Waals surface area contributed by atoms with Crippen molar-refractivity contribution in [3.05, 3.63) is 44.6 Å². The van der Waals surface area contributed by atoms with E-state index in [1.54, 1.807) is 14.7 Å². The smallest absolute Gasteiger partial charge is 0.386 e. The van der Waals surface area contributed by atoms with Gasteiger partial charge in [0.25, 0.3) is 0 Å². The van der Waals surface area contributed by atoms with Gasteiger partial charge in [-0.25, -0.2) is 9.59 Å². The van der Waals surface area contributed by atoms with Gasteiger partial charge in [-0.2, -0.15) is 13.2 Å². The summed E-state index contributed by atoms with van der Waals surface area (Å²) < 4.78 is 42.0. The molecule has 1 atom stereocenters. The number of carbonyl (C=O) groups excluding carboxylic acids is 3. The number of carbonyl (C=O) groups is 3. The van der Waals surface area contributed by atoms with Gasteiger partial charge in [-0.1, -0.05) is 11.6 Å². The number of thiophene rings is 1. The van der Waals surface area contributed by atoms with Crippen molar-refractivity contribution in [3.63, 3.8) is 0 Å². The molecule has 5 heterocycles. The first kappa shape index (κ1) is 34.6. The number of urea groups is 2. The molecule has 0 saturated carbocycles. The van der Waals surface area contributed by atoms with Crippen molar-refractivity contribution in [2.75, 3.05) is 56.9 Å². The molecule has 0 aliphatic carbocycles. The van der Waals surface area contributed by atoms with Gasteiger partial charge in [0.15, 0.2) is 0 Å². The highest BCUT2D eigenvalue weighted by Crippen LogP contribution is 2.40. The fourth-order valence-corrected chi connectivity index (χ4v) is 8.85. The van der Waals surface area contributed by atoms with Crippen molar-refractivity contribution in [2.24, 2.45) is 11.8 Å². The third-order valence-corrected chi connectivity index (χ3v) is 11.5. The Morgan fingerprint density at radius 2 is 1.67 bits per heavy atom. The van der Waals surface area contributed by atoms with Crippen molar-refractivity contribution in [1.29, 1.82) is 0 Å². The Morgan fingerprint density at radius 3 is 2.33 bits per heavy atom. The van der Waals surface area contributed by atoms with Crippen LogP contribution in [-0.4, -0.2) is 91.1 Å². The molecular formula is C33H43ClF3N7O3S. The third kappa shape index (κ3) is 7.65. The van der Waals surface area contributed by atoms with Crippen LogP contribution in [0.3, 0.4) is 0 Å². The second-order valence-electron chi connectivity index (χ2n) is 13.3. The van der Waals surface area contributed by atoms with E-state index < -0.39 is 23.8 Å². The topological polar surface area (TPSA) is 109 Å². The SMILES string of the molecule is CNc1c(Cl)cc(C[C@@H](NC(=O)N2CCC(N3Cc4cscc4NC3=O)CC2)C(=O)N2CCC(C3CCNCC3)CC2)cc1C(F)(F)F. The molecule has 2 aromatic rings. The van der Waals surface area contributed by atoms with Gasteiger partial charge in [0.05, 0.1) is 28.5 Å². The van der Waals surface area contributed by atoms with Crippen LogP contribution in [0.5, 0.6) is 0 Å². The minimum Gasteiger partial charge on any atom is -0.386 e. The lowest BCUT2D eigenvalue weighted by Gasteiger charge is -2.41. The van der Waals surface area contributed by atoms with Gasteiger partial charge in [0, 0.05) is 56.6 Å². The fraction of sp³-hybridized carbons (Fsp3) is 0.606. The van der Waals surface area contributed by atoms with Crippen molar-refractivity contribution in [3.8, 4) is 0 Å². The maximum absolute atomic E-state index is 14.0. The van der Waals surface area contributed by atoms with Gasteiger partial charge >= 0.3 is 18.2 Å². The second kappa shape index (κ2) is 14.7. The summed E-state index contributed by atoms with van der Waals surface area (Å²) in [5.74, 6) is 0.848.